The molecule has 6 nitrogen and oxygen atoms in total. The third-order valence-electron chi connectivity index (χ3n) is 4.59. The molecule has 2 atom stereocenters. The minimum absolute atomic E-state index is 0.0418. The van der Waals surface area contributed by atoms with E-state index in [1.165, 1.54) is 0 Å². The Morgan fingerprint density at radius 3 is 2.40 bits per heavy atom. The van der Waals surface area contributed by atoms with Crippen LogP contribution in [0.2, 0.25) is 0 Å². The average molecular weight is 278 g/mol. The first-order valence-electron chi connectivity index (χ1n) is 7.22. The molecule has 6 heteroatoms. The number of nitrogens with zero attached hydrogens (tertiary/aromatic N) is 2. The van der Waals surface area contributed by atoms with Crippen LogP contribution < -0.4 is 0 Å². The summed E-state index contributed by atoms with van der Waals surface area (Å²) in [6.45, 7) is 1.26. The molecule has 2 heterocycles. The SMILES string of the molecule is O=C1CC[C@@H]2C(=O)N(CC(=O)N3CCCC3)C(=O)[C@H]2C1. The maximum absolute atomic E-state index is 12.2. The summed E-state index contributed by atoms with van der Waals surface area (Å²) >= 11 is 0. The van der Waals surface area contributed by atoms with Crippen molar-refractivity contribution in [3.63, 3.8) is 0 Å². The summed E-state index contributed by atoms with van der Waals surface area (Å²) in [5.41, 5.74) is 0. The second kappa shape index (κ2) is 5.00. The van der Waals surface area contributed by atoms with Crippen molar-refractivity contribution in [3.8, 4) is 0 Å². The Balaban J connectivity index is 1.70. The van der Waals surface area contributed by atoms with Gasteiger partial charge in [0, 0.05) is 25.9 Å². The van der Waals surface area contributed by atoms with E-state index >= 15 is 0 Å². The predicted octanol–water partition coefficient (Wildman–Crippen LogP) is -0.0370. The molecule has 2 aliphatic heterocycles. The third kappa shape index (κ3) is 2.13. The number of carbonyl (C=O) groups is 4. The molecule has 0 aromatic heterocycles. The number of imide groups is 1. The van der Waals surface area contributed by atoms with Gasteiger partial charge in [0.25, 0.3) is 0 Å². The van der Waals surface area contributed by atoms with Gasteiger partial charge >= 0.3 is 0 Å². The monoisotopic (exact) mass is 278 g/mol. The van der Waals surface area contributed by atoms with Gasteiger partial charge in [0.05, 0.1) is 11.8 Å². The minimum Gasteiger partial charge on any atom is -0.341 e. The van der Waals surface area contributed by atoms with Crippen molar-refractivity contribution in [2.75, 3.05) is 19.6 Å². The van der Waals surface area contributed by atoms with Gasteiger partial charge in [0.2, 0.25) is 17.7 Å². The van der Waals surface area contributed by atoms with Crippen molar-refractivity contribution in [2.24, 2.45) is 11.8 Å². The molecule has 20 heavy (non-hydrogen) atoms. The summed E-state index contributed by atoms with van der Waals surface area (Å²) in [6.07, 6.45) is 2.93. The summed E-state index contributed by atoms with van der Waals surface area (Å²) in [5, 5.41) is 0. The van der Waals surface area contributed by atoms with Gasteiger partial charge in [-0.15, -0.1) is 0 Å². The van der Waals surface area contributed by atoms with Crippen LogP contribution >= 0.6 is 0 Å². The fraction of sp³-hybridized carbons (Fsp3) is 0.714. The van der Waals surface area contributed by atoms with E-state index in [0.29, 0.717) is 25.9 Å². The van der Waals surface area contributed by atoms with Crippen LogP contribution in [0.1, 0.15) is 32.1 Å². The Morgan fingerprint density at radius 2 is 1.70 bits per heavy atom. The molecule has 2 saturated heterocycles. The van der Waals surface area contributed by atoms with Gasteiger partial charge in [-0.05, 0) is 19.3 Å². The zero-order valence-electron chi connectivity index (χ0n) is 11.3. The highest BCUT2D eigenvalue weighted by Gasteiger charge is 2.50. The molecule has 0 spiro atoms. The van der Waals surface area contributed by atoms with Crippen molar-refractivity contribution in [3.05, 3.63) is 0 Å². The molecule has 0 radical (unpaired) electrons. The Labute approximate surface area is 117 Å². The molecular weight excluding hydrogens is 260 g/mol. The number of fused-ring (bicyclic) bond motifs is 1. The molecule has 3 rings (SSSR count). The molecule has 3 fully saturated rings. The Morgan fingerprint density at radius 1 is 1.05 bits per heavy atom. The molecule has 0 aromatic rings. The number of rotatable bonds is 2. The second-order valence-electron chi connectivity index (χ2n) is 5.84. The van der Waals surface area contributed by atoms with Crippen molar-refractivity contribution in [1.82, 2.24) is 9.80 Å². The number of ketones is 1. The standard InChI is InChI=1S/C14H18N2O4/c17-9-3-4-10-11(7-9)14(20)16(13(10)19)8-12(18)15-5-1-2-6-15/h10-11H,1-8H2/t10-,11-/m0/s1. The molecule has 1 aliphatic carbocycles. The van der Waals surface area contributed by atoms with E-state index in [-0.39, 0.29) is 42.4 Å². The number of hydrogen-bond donors (Lipinski definition) is 0. The molecule has 0 aromatic carbocycles. The van der Waals surface area contributed by atoms with Gasteiger partial charge in [-0.3, -0.25) is 24.1 Å². The highest BCUT2D eigenvalue weighted by atomic mass is 16.2. The smallest absolute Gasteiger partial charge is 0.242 e. The fourth-order valence-corrected chi connectivity index (χ4v) is 3.43. The zero-order valence-corrected chi connectivity index (χ0v) is 11.3. The third-order valence-corrected chi connectivity index (χ3v) is 4.59. The minimum atomic E-state index is -0.518. The lowest BCUT2D eigenvalue weighted by Gasteiger charge is -2.19. The Hall–Kier alpha value is -1.72. The molecule has 0 N–H and O–H groups in total. The number of carbonyl (C=O) groups excluding carboxylic acids is 4. The topological polar surface area (TPSA) is 74.8 Å². The summed E-state index contributed by atoms with van der Waals surface area (Å²) < 4.78 is 0. The number of Topliss-reactive ketones (excluding diaryl/α,β-unsaturated/α-hetero) is 1. The highest BCUT2D eigenvalue weighted by molar-refractivity contribution is 6.09. The van der Waals surface area contributed by atoms with E-state index in [9.17, 15) is 19.2 Å². The van der Waals surface area contributed by atoms with Gasteiger partial charge in [0.15, 0.2) is 0 Å². The lowest BCUT2D eigenvalue weighted by atomic mass is 9.80. The lowest BCUT2D eigenvalue weighted by Crippen LogP contribution is -2.42. The maximum Gasteiger partial charge on any atom is 0.242 e. The number of amides is 3. The van der Waals surface area contributed by atoms with E-state index < -0.39 is 5.92 Å². The largest absolute Gasteiger partial charge is 0.341 e. The van der Waals surface area contributed by atoms with Gasteiger partial charge in [0.1, 0.15) is 12.3 Å². The van der Waals surface area contributed by atoms with Crippen molar-refractivity contribution in [2.45, 2.75) is 32.1 Å². The lowest BCUT2D eigenvalue weighted by molar-refractivity contribution is -0.146. The average Bonchev–Trinajstić information content (AvgIpc) is 3.03. The summed E-state index contributed by atoms with van der Waals surface area (Å²) in [4.78, 5) is 50.8. The predicted molar refractivity (Wildman–Crippen MR) is 68.4 cm³/mol. The van der Waals surface area contributed by atoms with Crippen LogP contribution in [0.5, 0.6) is 0 Å². The van der Waals surface area contributed by atoms with Crippen LogP contribution in [0.4, 0.5) is 0 Å². The molecular formula is C14H18N2O4. The highest BCUT2D eigenvalue weighted by Crippen LogP contribution is 2.36. The van der Waals surface area contributed by atoms with Gasteiger partial charge in [-0.2, -0.15) is 0 Å². The van der Waals surface area contributed by atoms with Gasteiger partial charge in [-0.25, -0.2) is 0 Å². The molecule has 108 valence electrons. The van der Waals surface area contributed by atoms with Crippen molar-refractivity contribution < 1.29 is 19.2 Å². The van der Waals surface area contributed by atoms with Crippen LogP contribution in [0.3, 0.4) is 0 Å². The van der Waals surface area contributed by atoms with Crippen LogP contribution in [0.25, 0.3) is 0 Å². The van der Waals surface area contributed by atoms with Crippen LogP contribution in [-0.2, 0) is 19.2 Å². The molecule has 1 saturated carbocycles. The fourth-order valence-electron chi connectivity index (χ4n) is 3.43. The first-order valence-corrected chi connectivity index (χ1v) is 7.22. The number of likely N-dealkylation sites (tertiary alicyclic amines) is 2. The quantitative estimate of drug-likeness (QED) is 0.664. The van der Waals surface area contributed by atoms with Crippen molar-refractivity contribution in [1.29, 1.82) is 0 Å². The van der Waals surface area contributed by atoms with E-state index in [4.69, 9.17) is 0 Å². The van der Waals surface area contributed by atoms with Crippen molar-refractivity contribution >= 4 is 23.5 Å². The molecule has 0 bridgehead atoms. The maximum atomic E-state index is 12.2. The normalized spacial score (nSPS) is 30.1. The summed E-state index contributed by atoms with van der Waals surface area (Å²) in [7, 11) is 0. The van der Waals surface area contributed by atoms with Crippen LogP contribution in [0, 0.1) is 11.8 Å². The molecule has 0 unspecified atom stereocenters. The zero-order chi connectivity index (χ0) is 14.3. The Kier molecular flexibility index (Phi) is 3.31. The summed E-state index contributed by atoms with van der Waals surface area (Å²) in [6, 6.07) is 0. The first-order chi connectivity index (χ1) is 9.58. The first kappa shape index (κ1) is 13.3. The van der Waals surface area contributed by atoms with Crippen LogP contribution in [0.15, 0.2) is 0 Å². The van der Waals surface area contributed by atoms with E-state index in [0.717, 1.165) is 17.7 Å². The Bertz CT molecular complexity index is 482. The number of hydrogen-bond acceptors (Lipinski definition) is 4. The van der Waals surface area contributed by atoms with Gasteiger partial charge < -0.3 is 4.90 Å². The molecule has 3 aliphatic rings. The van der Waals surface area contributed by atoms with Gasteiger partial charge in [-0.1, -0.05) is 0 Å². The van der Waals surface area contributed by atoms with E-state index in [1.807, 2.05) is 0 Å². The second-order valence-corrected chi connectivity index (χ2v) is 5.84. The summed E-state index contributed by atoms with van der Waals surface area (Å²) in [5.74, 6) is -1.61. The molecule has 3 amide bonds. The van der Waals surface area contributed by atoms with E-state index in [1.54, 1.807) is 4.90 Å². The van der Waals surface area contributed by atoms with Crippen LogP contribution in [-0.4, -0.2) is 52.9 Å². The van der Waals surface area contributed by atoms with E-state index in [2.05, 4.69) is 0 Å².